The fourth-order valence-electron chi connectivity index (χ4n) is 0.811. The highest BCUT2D eigenvalue weighted by molar-refractivity contribution is 9.11. The molecule has 1 radical (unpaired) electrons. The molecule has 0 spiro atoms. The molecule has 0 unspecified atom stereocenters. The lowest BCUT2D eigenvalue weighted by molar-refractivity contribution is 1.22. The van der Waals surface area contributed by atoms with Crippen molar-refractivity contribution in [2.45, 2.75) is 6.42 Å². The maximum Gasteiger partial charge on any atom is 0.0229 e. The molecule has 0 heterocycles. The van der Waals surface area contributed by atoms with E-state index < -0.39 is 0 Å². The summed E-state index contributed by atoms with van der Waals surface area (Å²) in [5, 5.41) is 0. The Labute approximate surface area is 91.8 Å². The molecule has 59 valence electrons. The average molecular weight is 342 g/mol. The van der Waals surface area contributed by atoms with Gasteiger partial charge in [0.2, 0.25) is 0 Å². The van der Waals surface area contributed by atoms with E-state index in [0.717, 1.165) is 19.8 Å². The first-order valence-electron chi connectivity index (χ1n) is 3.08. The monoisotopic (exact) mass is 339 g/mol. The molecule has 11 heavy (non-hydrogen) atoms. The first kappa shape index (κ1) is 9.75. The maximum absolute atomic E-state index is 3.83. The molecular formula is C8H6Br3. The zero-order valence-corrected chi connectivity index (χ0v) is 10.5. The molecule has 0 saturated heterocycles. The maximum atomic E-state index is 3.83. The second-order valence-corrected chi connectivity index (χ2v) is 4.72. The quantitative estimate of drug-likeness (QED) is 0.712. The molecule has 0 nitrogen and oxygen atoms in total. The van der Waals surface area contributed by atoms with Crippen molar-refractivity contribution in [3.05, 3.63) is 38.0 Å². The Bertz CT molecular complexity index is 245. The second kappa shape index (κ2) is 4.06. The molecule has 0 bridgehead atoms. The van der Waals surface area contributed by atoms with Crippen LogP contribution in [0.4, 0.5) is 0 Å². The summed E-state index contributed by atoms with van der Waals surface area (Å²) in [5.41, 5.74) is 1.20. The Morgan fingerprint density at radius 1 is 1.09 bits per heavy atom. The molecule has 1 rings (SSSR count). The van der Waals surface area contributed by atoms with Crippen molar-refractivity contribution in [3.63, 3.8) is 0 Å². The molecule has 1 aromatic rings. The van der Waals surface area contributed by atoms with Crippen LogP contribution in [0.25, 0.3) is 0 Å². The van der Waals surface area contributed by atoms with Crippen LogP contribution < -0.4 is 0 Å². The van der Waals surface area contributed by atoms with E-state index in [-0.39, 0.29) is 0 Å². The molecule has 1 aromatic carbocycles. The molecule has 3 heteroatoms. The van der Waals surface area contributed by atoms with Gasteiger partial charge >= 0.3 is 0 Å². The van der Waals surface area contributed by atoms with Gasteiger partial charge in [-0.3, -0.25) is 0 Å². The summed E-state index contributed by atoms with van der Waals surface area (Å²) in [4.78, 5) is 0. The lowest BCUT2D eigenvalue weighted by atomic mass is 10.2. The van der Waals surface area contributed by atoms with E-state index in [1.54, 1.807) is 0 Å². The van der Waals surface area contributed by atoms with Crippen LogP contribution in [0.2, 0.25) is 0 Å². The van der Waals surface area contributed by atoms with Gasteiger partial charge in [0.25, 0.3) is 0 Å². The van der Waals surface area contributed by atoms with Gasteiger partial charge in [0.15, 0.2) is 0 Å². The third-order valence-electron chi connectivity index (χ3n) is 1.36. The normalized spacial score (nSPS) is 10.2. The van der Waals surface area contributed by atoms with Crippen molar-refractivity contribution in [2.24, 2.45) is 0 Å². The van der Waals surface area contributed by atoms with Gasteiger partial charge in [0, 0.05) is 13.4 Å². The Morgan fingerprint density at radius 3 is 1.91 bits per heavy atom. The highest BCUT2D eigenvalue weighted by atomic mass is 79.9. The second-order valence-electron chi connectivity index (χ2n) is 2.10. The minimum Gasteiger partial charge on any atom is -0.0508 e. The largest absolute Gasteiger partial charge is 0.0508 e. The fourth-order valence-corrected chi connectivity index (χ4v) is 3.47. The van der Waals surface area contributed by atoms with Crippen LogP contribution in [0.1, 0.15) is 5.56 Å². The molecule has 0 N–H and O–H groups in total. The first-order chi connectivity index (χ1) is 5.15. The number of hydrogen-bond acceptors (Lipinski definition) is 0. The molecule has 0 fully saturated rings. The van der Waals surface area contributed by atoms with Gasteiger partial charge < -0.3 is 0 Å². The summed E-state index contributed by atoms with van der Waals surface area (Å²) in [6, 6.07) is 4.04. The van der Waals surface area contributed by atoms with Crippen LogP contribution in [-0.2, 0) is 6.42 Å². The molecular weight excluding hydrogens is 336 g/mol. The Kier molecular flexibility index (Phi) is 3.59. The Morgan fingerprint density at radius 2 is 1.55 bits per heavy atom. The van der Waals surface area contributed by atoms with E-state index in [0.29, 0.717) is 0 Å². The summed E-state index contributed by atoms with van der Waals surface area (Å²) >= 11 is 10.3. The van der Waals surface area contributed by atoms with Crippen LogP contribution in [0.3, 0.4) is 0 Å². The number of hydrogen-bond donors (Lipinski definition) is 0. The van der Waals surface area contributed by atoms with E-state index in [1.165, 1.54) is 5.56 Å². The first-order valence-corrected chi connectivity index (χ1v) is 5.45. The predicted octanol–water partition coefficient (Wildman–Crippen LogP) is 4.35. The van der Waals surface area contributed by atoms with E-state index in [1.807, 2.05) is 12.1 Å². The number of rotatable bonds is 1. The van der Waals surface area contributed by atoms with Crippen LogP contribution in [-0.4, -0.2) is 0 Å². The third kappa shape index (κ3) is 2.30. The van der Waals surface area contributed by atoms with Gasteiger partial charge in [-0.1, -0.05) is 47.8 Å². The molecule has 0 saturated carbocycles. The highest BCUT2D eigenvalue weighted by Crippen LogP contribution is 2.29. The lowest BCUT2D eigenvalue weighted by Crippen LogP contribution is -1.84. The van der Waals surface area contributed by atoms with Gasteiger partial charge in [-0.2, -0.15) is 0 Å². The van der Waals surface area contributed by atoms with E-state index in [2.05, 4.69) is 54.7 Å². The lowest BCUT2D eigenvalue weighted by Gasteiger charge is -2.04. The topological polar surface area (TPSA) is 0 Å². The van der Waals surface area contributed by atoms with Gasteiger partial charge in [0.05, 0.1) is 0 Å². The van der Waals surface area contributed by atoms with Gasteiger partial charge in [0.1, 0.15) is 0 Å². The average Bonchev–Trinajstić information content (AvgIpc) is 1.85. The molecule has 0 aliphatic rings. The number of halogens is 3. The van der Waals surface area contributed by atoms with Gasteiger partial charge in [-0.05, 0) is 31.0 Å². The Hall–Kier alpha value is 0.660. The third-order valence-corrected chi connectivity index (χ3v) is 3.23. The smallest absolute Gasteiger partial charge is 0.0229 e. The summed E-state index contributed by atoms with van der Waals surface area (Å²) in [7, 11) is 0. The minimum atomic E-state index is 0.786. The molecule has 0 aliphatic carbocycles. The van der Waals surface area contributed by atoms with Crippen LogP contribution >= 0.6 is 47.8 Å². The van der Waals surface area contributed by atoms with Crippen molar-refractivity contribution in [1.29, 1.82) is 0 Å². The van der Waals surface area contributed by atoms with Gasteiger partial charge in [-0.25, -0.2) is 0 Å². The Balaban J connectivity index is 3.25. The summed E-state index contributed by atoms with van der Waals surface area (Å²) < 4.78 is 3.25. The van der Waals surface area contributed by atoms with Crippen molar-refractivity contribution >= 4 is 47.8 Å². The minimum absolute atomic E-state index is 0.786. The van der Waals surface area contributed by atoms with E-state index >= 15 is 0 Å². The van der Waals surface area contributed by atoms with E-state index in [4.69, 9.17) is 0 Å². The molecule has 0 aliphatic heterocycles. The van der Waals surface area contributed by atoms with Crippen molar-refractivity contribution in [1.82, 2.24) is 0 Å². The molecule has 0 amide bonds. The van der Waals surface area contributed by atoms with Crippen LogP contribution in [0, 0.1) is 6.92 Å². The standard InChI is InChI=1S/C8H6Br3/c1-2-6-7(10)3-5(9)4-8(6)11/h3-4H,1-2H2. The summed E-state index contributed by atoms with van der Waals surface area (Å²) in [6.07, 6.45) is 0.786. The molecule has 0 aromatic heterocycles. The highest BCUT2D eigenvalue weighted by Gasteiger charge is 2.03. The molecule has 0 atom stereocenters. The zero-order valence-electron chi connectivity index (χ0n) is 5.70. The summed E-state index contributed by atoms with van der Waals surface area (Å²) in [6.45, 7) is 3.83. The van der Waals surface area contributed by atoms with Crippen molar-refractivity contribution in [3.8, 4) is 0 Å². The van der Waals surface area contributed by atoms with Crippen molar-refractivity contribution < 1.29 is 0 Å². The van der Waals surface area contributed by atoms with Crippen LogP contribution in [0.15, 0.2) is 25.6 Å². The fraction of sp³-hybridized carbons (Fsp3) is 0.125. The van der Waals surface area contributed by atoms with Gasteiger partial charge in [-0.15, -0.1) is 0 Å². The zero-order chi connectivity index (χ0) is 8.43. The van der Waals surface area contributed by atoms with E-state index in [9.17, 15) is 0 Å². The van der Waals surface area contributed by atoms with Crippen molar-refractivity contribution in [2.75, 3.05) is 0 Å². The predicted molar refractivity (Wildman–Crippen MR) is 58.6 cm³/mol. The SMILES string of the molecule is [CH2]Cc1c(Br)cc(Br)cc1Br. The van der Waals surface area contributed by atoms with Crippen LogP contribution in [0.5, 0.6) is 0 Å². The summed E-state index contributed by atoms with van der Waals surface area (Å²) in [5.74, 6) is 0. The number of benzene rings is 1.